The van der Waals surface area contributed by atoms with Crippen LogP contribution in [0.5, 0.6) is 0 Å². The summed E-state index contributed by atoms with van der Waals surface area (Å²) in [6.07, 6.45) is 5.34. The Labute approximate surface area is 336 Å². The molecule has 8 bridgehead atoms. The predicted molar refractivity (Wildman–Crippen MR) is 198 cm³/mol. The van der Waals surface area contributed by atoms with Gasteiger partial charge in [0.2, 0.25) is 11.6 Å². The topological polar surface area (TPSA) is 54.0 Å². The van der Waals surface area contributed by atoms with E-state index in [1.54, 1.807) is 60.7 Å². The van der Waals surface area contributed by atoms with Crippen molar-refractivity contribution in [3.8, 4) is 44.5 Å². The molecule has 0 saturated carbocycles. The molecule has 292 valence electrons. The smallest absolute Gasteiger partial charge is 0.657 e. The van der Waals surface area contributed by atoms with Gasteiger partial charge in [0.1, 0.15) is 0 Å². The molecule has 5 heterocycles. The number of fused-ring (bicyclic) bond motifs is 8. The van der Waals surface area contributed by atoms with Crippen LogP contribution in [0.15, 0.2) is 84.9 Å². The zero-order valence-corrected chi connectivity index (χ0v) is 30.4. The van der Waals surface area contributed by atoms with E-state index in [9.17, 15) is 26.3 Å². The minimum atomic E-state index is -2.36. The number of halogens is 10. The third-order valence-corrected chi connectivity index (χ3v) is 9.65. The van der Waals surface area contributed by atoms with Gasteiger partial charge in [0.05, 0.1) is 33.9 Å². The van der Waals surface area contributed by atoms with E-state index in [1.807, 2.05) is 0 Å². The first-order valence-electron chi connectivity index (χ1n) is 17.1. The summed E-state index contributed by atoms with van der Waals surface area (Å²) >= 11 is 0. The molecule has 0 atom stereocenters. The summed E-state index contributed by atoms with van der Waals surface area (Å²) in [6.45, 7) is 0. The average molecular weight is 848 g/mol. The normalized spacial score (nSPS) is 12.0. The molecular formula is C44H18F10FeN4. The Hall–Kier alpha value is -6.70. The molecule has 0 radical (unpaired) electrons. The SMILES string of the molecule is Fc1c(F)c(F)c(-c2c3nc(c(-c4ccccc4)c4ccc([n-]4)c(-c4c(F)c(F)c(F)c(F)c4F)c4nc(c(-c5ccccc5)c5ccc2[n-]5)C=C4)C=C3)c(F)c1F.[Fe+2]. The van der Waals surface area contributed by atoms with Gasteiger partial charge >= 0.3 is 17.1 Å². The molecule has 59 heavy (non-hydrogen) atoms. The fraction of sp³-hybridized carbons (Fsp3) is 0. The molecule has 0 N–H and O–H groups in total. The van der Waals surface area contributed by atoms with Crippen molar-refractivity contribution in [3.05, 3.63) is 166 Å². The fourth-order valence-corrected chi connectivity index (χ4v) is 7.05. The predicted octanol–water partition coefficient (Wildman–Crippen LogP) is 12.0. The van der Waals surface area contributed by atoms with Gasteiger partial charge in [-0.3, -0.25) is 0 Å². The molecule has 0 aliphatic carbocycles. The maximum absolute atomic E-state index is 15.7. The maximum Gasteiger partial charge on any atom is 2.00 e. The summed E-state index contributed by atoms with van der Waals surface area (Å²) in [5.74, 6) is -22.0. The number of hydrogen-bond acceptors (Lipinski definition) is 2. The van der Waals surface area contributed by atoms with Gasteiger partial charge in [0, 0.05) is 0 Å². The minimum absolute atomic E-state index is 0. The van der Waals surface area contributed by atoms with Crippen LogP contribution >= 0.6 is 0 Å². The van der Waals surface area contributed by atoms with Gasteiger partial charge in [-0.05, 0) is 57.7 Å². The first-order chi connectivity index (χ1) is 27.9. The van der Waals surface area contributed by atoms with Crippen molar-refractivity contribution in [1.29, 1.82) is 0 Å². The van der Waals surface area contributed by atoms with E-state index >= 15 is 17.6 Å². The zero-order valence-electron chi connectivity index (χ0n) is 29.3. The van der Waals surface area contributed by atoms with Crippen molar-refractivity contribution >= 4 is 46.4 Å². The van der Waals surface area contributed by atoms with Crippen molar-refractivity contribution < 1.29 is 61.0 Å². The molecule has 0 amide bonds. The summed E-state index contributed by atoms with van der Waals surface area (Å²) in [7, 11) is 0. The van der Waals surface area contributed by atoms with Crippen LogP contribution in [0, 0.1) is 58.2 Å². The first-order valence-corrected chi connectivity index (χ1v) is 17.1. The summed E-state index contributed by atoms with van der Waals surface area (Å²) < 4.78 is 151. The second-order valence-electron chi connectivity index (χ2n) is 13.0. The van der Waals surface area contributed by atoms with Gasteiger partial charge in [-0.2, -0.15) is 0 Å². The molecule has 0 unspecified atom stereocenters. The van der Waals surface area contributed by atoms with E-state index in [1.165, 1.54) is 48.6 Å². The third kappa shape index (κ3) is 6.24. The van der Waals surface area contributed by atoms with Crippen molar-refractivity contribution in [2.45, 2.75) is 0 Å². The molecule has 3 aromatic heterocycles. The van der Waals surface area contributed by atoms with Gasteiger partial charge in [-0.1, -0.05) is 84.9 Å². The molecule has 15 heteroatoms. The van der Waals surface area contributed by atoms with Gasteiger partial charge < -0.3 is 9.97 Å². The molecule has 7 aromatic rings. The fourth-order valence-electron chi connectivity index (χ4n) is 7.05. The van der Waals surface area contributed by atoms with Crippen LogP contribution in [0.2, 0.25) is 0 Å². The zero-order chi connectivity index (χ0) is 40.6. The Morgan fingerprint density at radius 3 is 0.847 bits per heavy atom. The van der Waals surface area contributed by atoms with E-state index in [4.69, 9.17) is 0 Å². The van der Waals surface area contributed by atoms with Gasteiger partial charge in [0.15, 0.2) is 46.5 Å². The second kappa shape index (κ2) is 14.9. The standard InChI is InChI=1S/C44H18F10N4.Fe/c45-35-33(36(46)40(50)43(53)39(35)49)31-25-15-11-21(55-25)29(19-7-3-1-4-8-19)22-12-16-26(56-22)32(34-37(47)41(51)44(54)42(52)38(34)48)28-18-14-24(58-28)30(20-9-5-2-6-10-20)23-13-17-27(31)57-23;/h1-18H;/q-2;+2. The number of benzene rings is 4. The Bertz CT molecular complexity index is 2850. The van der Waals surface area contributed by atoms with Crippen LogP contribution in [-0.2, 0) is 17.1 Å². The molecular weight excluding hydrogens is 830 g/mol. The maximum atomic E-state index is 15.7. The van der Waals surface area contributed by atoms with E-state index in [0.717, 1.165) is 0 Å². The number of hydrogen-bond donors (Lipinski definition) is 0. The Kier molecular flexibility index (Phi) is 9.89. The third-order valence-electron chi connectivity index (χ3n) is 9.65. The van der Waals surface area contributed by atoms with E-state index in [-0.39, 0.29) is 73.0 Å². The quantitative estimate of drug-likeness (QED) is 0.0766. The molecule has 2 aliphatic rings. The van der Waals surface area contributed by atoms with Crippen molar-refractivity contribution in [1.82, 2.24) is 19.9 Å². The van der Waals surface area contributed by atoms with Crippen molar-refractivity contribution in [2.75, 3.05) is 0 Å². The Morgan fingerprint density at radius 1 is 0.288 bits per heavy atom. The van der Waals surface area contributed by atoms with Crippen LogP contribution in [0.4, 0.5) is 43.9 Å². The van der Waals surface area contributed by atoms with Gasteiger partial charge in [0.25, 0.3) is 0 Å². The summed E-state index contributed by atoms with van der Waals surface area (Å²) in [5, 5.41) is 0. The molecule has 4 aromatic carbocycles. The second-order valence-corrected chi connectivity index (χ2v) is 13.0. The average Bonchev–Trinajstić information content (AvgIpc) is 4.09. The van der Waals surface area contributed by atoms with Crippen LogP contribution in [0.25, 0.3) is 90.9 Å². The van der Waals surface area contributed by atoms with Crippen LogP contribution in [0.1, 0.15) is 22.8 Å². The van der Waals surface area contributed by atoms with Gasteiger partial charge in [-0.25, -0.2) is 53.9 Å². The summed E-state index contributed by atoms with van der Waals surface area (Å²) in [5.41, 5.74) is -3.29. The van der Waals surface area contributed by atoms with Crippen molar-refractivity contribution in [3.63, 3.8) is 0 Å². The summed E-state index contributed by atoms with van der Waals surface area (Å²) in [4.78, 5) is 18.4. The van der Waals surface area contributed by atoms with Crippen LogP contribution < -0.4 is 9.97 Å². The molecule has 0 fully saturated rings. The summed E-state index contributed by atoms with van der Waals surface area (Å²) in [6, 6.07) is 21.9. The number of aromatic nitrogens is 4. The van der Waals surface area contributed by atoms with Crippen LogP contribution in [-0.4, -0.2) is 9.97 Å². The number of rotatable bonds is 4. The molecule has 2 aliphatic heterocycles. The Balaban J connectivity index is 0.00000484. The molecule has 0 spiro atoms. The first kappa shape index (κ1) is 39.1. The molecule has 4 nitrogen and oxygen atoms in total. The Morgan fingerprint density at radius 2 is 0.542 bits per heavy atom. The monoisotopic (exact) mass is 848 g/mol. The number of nitrogens with zero attached hydrogens (tertiary/aromatic N) is 4. The van der Waals surface area contributed by atoms with E-state index < -0.39 is 80.4 Å². The van der Waals surface area contributed by atoms with E-state index in [2.05, 4.69) is 19.9 Å². The largest absolute Gasteiger partial charge is 2.00 e. The van der Waals surface area contributed by atoms with E-state index in [0.29, 0.717) is 11.1 Å². The van der Waals surface area contributed by atoms with Crippen LogP contribution in [0.3, 0.4) is 0 Å². The van der Waals surface area contributed by atoms with Crippen molar-refractivity contribution in [2.24, 2.45) is 0 Å². The van der Waals surface area contributed by atoms with Gasteiger partial charge in [-0.15, -0.1) is 22.1 Å². The molecule has 9 rings (SSSR count). The molecule has 0 saturated heterocycles. The minimum Gasteiger partial charge on any atom is -0.657 e.